The molecule has 3 aromatic rings. The molecule has 0 radical (unpaired) electrons. The van der Waals surface area contributed by atoms with Gasteiger partial charge in [0.1, 0.15) is 24.4 Å². The second-order valence-electron chi connectivity index (χ2n) is 6.99. The summed E-state index contributed by atoms with van der Waals surface area (Å²) in [5, 5.41) is 18.0. The summed E-state index contributed by atoms with van der Waals surface area (Å²) >= 11 is 0. The van der Waals surface area contributed by atoms with Crippen LogP contribution >= 0.6 is 0 Å². The van der Waals surface area contributed by atoms with E-state index in [4.69, 9.17) is 9.84 Å². The Morgan fingerprint density at radius 1 is 0.941 bits per heavy atom. The van der Waals surface area contributed by atoms with Crippen LogP contribution in [0.5, 0.6) is 5.75 Å². The van der Waals surface area contributed by atoms with Crippen LogP contribution in [0, 0.1) is 0 Å². The van der Waals surface area contributed by atoms with Gasteiger partial charge in [-0.1, -0.05) is 42.5 Å². The number of phenols is 1. The number of carbonyl (C=O) groups excluding carboxylic acids is 1. The van der Waals surface area contributed by atoms with Crippen molar-refractivity contribution in [1.29, 1.82) is 0 Å². The first kappa shape index (κ1) is 27.4. The summed E-state index contributed by atoms with van der Waals surface area (Å²) in [4.78, 5) is 12.8. The number of aromatic hydroxyl groups is 1. The Morgan fingerprint density at radius 3 is 2.12 bits per heavy atom. The third-order valence-electron chi connectivity index (χ3n) is 4.35. The van der Waals surface area contributed by atoms with Crippen molar-refractivity contribution >= 4 is 27.3 Å². The third kappa shape index (κ3) is 10.4. The first-order valence-electron chi connectivity index (χ1n) is 10.1. The molecular formula is C24H26O8S2. The number of esters is 1. The number of aliphatic hydroxyl groups is 1. The molecule has 3 rings (SSSR count). The molecule has 34 heavy (non-hydrogen) atoms. The average Bonchev–Trinajstić information content (AvgIpc) is 2.83. The topological polar surface area (TPSA) is 133 Å². The molecule has 0 aliphatic carbocycles. The molecule has 0 aromatic heterocycles. The van der Waals surface area contributed by atoms with Crippen LogP contribution in [0.15, 0.2) is 83.8 Å². The smallest absolute Gasteiger partial charge is 0.338 e. The summed E-state index contributed by atoms with van der Waals surface area (Å²) < 4.78 is 39.0. The van der Waals surface area contributed by atoms with E-state index in [1.807, 2.05) is 24.3 Å². The second kappa shape index (κ2) is 13.7. The number of phenolic OH excluding ortho intramolecular Hbond substituents is 1. The van der Waals surface area contributed by atoms with Crippen LogP contribution in [0.4, 0.5) is 0 Å². The minimum absolute atomic E-state index is 0.0137. The number of rotatable bonds is 9. The molecule has 0 bridgehead atoms. The Hall–Kier alpha value is -2.89. The maximum atomic E-state index is 11.6. The van der Waals surface area contributed by atoms with Gasteiger partial charge in [0.25, 0.3) is 0 Å². The van der Waals surface area contributed by atoms with E-state index in [2.05, 4.69) is 10.4 Å². The van der Waals surface area contributed by atoms with Gasteiger partial charge in [-0.25, -0.2) is 13.2 Å². The van der Waals surface area contributed by atoms with Crippen LogP contribution in [-0.2, 0) is 42.6 Å². The zero-order valence-corrected chi connectivity index (χ0v) is 20.1. The highest BCUT2D eigenvalue weighted by Crippen LogP contribution is 2.20. The van der Waals surface area contributed by atoms with Crippen molar-refractivity contribution in [2.75, 3.05) is 19.5 Å². The van der Waals surface area contributed by atoms with Crippen LogP contribution in [-0.4, -0.2) is 48.6 Å². The van der Waals surface area contributed by atoms with E-state index in [1.54, 1.807) is 54.6 Å². The van der Waals surface area contributed by atoms with E-state index >= 15 is 0 Å². The normalized spacial score (nSPS) is 11.7. The highest BCUT2D eigenvalue weighted by Gasteiger charge is 2.16. The monoisotopic (exact) mass is 506 g/mol. The van der Waals surface area contributed by atoms with Gasteiger partial charge in [0.2, 0.25) is 10.4 Å². The van der Waals surface area contributed by atoms with Crippen molar-refractivity contribution < 1.29 is 36.9 Å². The fraction of sp³-hybridized carbons (Fsp3) is 0.208. The molecule has 3 aromatic carbocycles. The summed E-state index contributed by atoms with van der Waals surface area (Å²) in [6.45, 7) is -0.360. The molecule has 0 saturated carbocycles. The molecule has 0 amide bonds. The van der Waals surface area contributed by atoms with Crippen molar-refractivity contribution in [2.24, 2.45) is 0 Å². The zero-order valence-electron chi connectivity index (χ0n) is 18.5. The molecule has 0 aliphatic rings. The van der Waals surface area contributed by atoms with E-state index in [1.165, 1.54) is 4.90 Å². The average molecular weight is 507 g/mol. The van der Waals surface area contributed by atoms with Gasteiger partial charge in [0, 0.05) is 16.5 Å². The maximum absolute atomic E-state index is 11.6. The Kier molecular flexibility index (Phi) is 11.0. The van der Waals surface area contributed by atoms with Gasteiger partial charge in [0.05, 0.1) is 18.8 Å². The lowest BCUT2D eigenvalue weighted by Gasteiger charge is -2.06. The maximum Gasteiger partial charge on any atom is 0.338 e. The molecule has 8 nitrogen and oxygen atoms in total. The number of hydrogen-bond acceptors (Lipinski definition) is 8. The summed E-state index contributed by atoms with van der Waals surface area (Å²) in [6, 6.07) is 23.2. The van der Waals surface area contributed by atoms with Gasteiger partial charge in [-0.2, -0.15) is 0 Å². The molecule has 1 atom stereocenters. The highest BCUT2D eigenvalue weighted by molar-refractivity contribution is 7.95. The summed E-state index contributed by atoms with van der Waals surface area (Å²) in [6.07, 6.45) is 2.15. The Morgan fingerprint density at radius 2 is 1.56 bits per heavy atom. The predicted octanol–water partition coefficient (Wildman–Crippen LogP) is 3.01. The molecule has 10 heteroatoms. The fourth-order valence-corrected chi connectivity index (χ4v) is 4.43. The van der Waals surface area contributed by atoms with Gasteiger partial charge in [-0.05, 0) is 42.0 Å². The minimum Gasteiger partial charge on any atom is -0.726 e. The van der Waals surface area contributed by atoms with Crippen LogP contribution < -0.4 is 0 Å². The Balaban J connectivity index is 0.000000287. The molecule has 0 spiro atoms. The lowest BCUT2D eigenvalue weighted by atomic mass is 10.1. The first-order valence-corrected chi connectivity index (χ1v) is 13.2. The van der Waals surface area contributed by atoms with E-state index < -0.39 is 16.4 Å². The standard InChI is InChI=1S/C17H18O4S.C7H8O4S/c1-22(16-8-6-15(19)7-9-16)12-13-2-4-14(5-3-13)17(20)21-11-10-18;8-12(9,10)11-6-7-4-2-1-3-5-7/h2-9,18H,10-12H2,1H3;1-5H,6H2,(H,8,9,10). The van der Waals surface area contributed by atoms with E-state index in [0.717, 1.165) is 11.3 Å². The first-order chi connectivity index (χ1) is 16.2. The molecule has 0 aliphatic heterocycles. The lowest BCUT2D eigenvalue weighted by molar-refractivity contribution is 0.0433. The van der Waals surface area contributed by atoms with Crippen molar-refractivity contribution in [3.63, 3.8) is 0 Å². The summed E-state index contributed by atoms with van der Waals surface area (Å²) in [5.74, 6) is 0.720. The van der Waals surface area contributed by atoms with Crippen LogP contribution in [0.2, 0.25) is 0 Å². The molecular weight excluding hydrogens is 480 g/mol. The zero-order chi connectivity index (χ0) is 25.0. The van der Waals surface area contributed by atoms with Gasteiger partial charge in [0.15, 0.2) is 4.90 Å². The SMILES string of the molecule is C[S+](Cc1ccc(C(=O)OCCO)cc1)c1ccc(O)cc1.O=S(=O)([O-])OCc1ccccc1. The number of ether oxygens (including phenoxy) is 1. The van der Waals surface area contributed by atoms with E-state index in [9.17, 15) is 22.9 Å². The minimum atomic E-state index is -4.57. The quantitative estimate of drug-likeness (QED) is 0.196. The van der Waals surface area contributed by atoms with Crippen molar-refractivity contribution in [3.8, 4) is 5.75 Å². The van der Waals surface area contributed by atoms with Crippen molar-refractivity contribution in [1.82, 2.24) is 0 Å². The summed E-state index contributed by atoms with van der Waals surface area (Å²) in [5.41, 5.74) is 2.27. The van der Waals surface area contributed by atoms with Crippen LogP contribution in [0.25, 0.3) is 0 Å². The van der Waals surface area contributed by atoms with Crippen LogP contribution in [0.1, 0.15) is 21.5 Å². The van der Waals surface area contributed by atoms with Crippen molar-refractivity contribution in [3.05, 3.63) is 95.6 Å². The third-order valence-corrected chi connectivity index (χ3v) is 6.60. The molecule has 0 fully saturated rings. The number of carbonyl (C=O) groups is 1. The number of benzene rings is 3. The Labute approximate surface area is 202 Å². The number of hydrogen-bond donors (Lipinski definition) is 2. The van der Waals surface area contributed by atoms with Gasteiger partial charge < -0.3 is 19.5 Å². The van der Waals surface area contributed by atoms with Gasteiger partial charge in [-0.15, -0.1) is 0 Å². The molecule has 0 saturated heterocycles. The van der Waals surface area contributed by atoms with E-state index in [0.29, 0.717) is 11.1 Å². The van der Waals surface area contributed by atoms with Crippen molar-refractivity contribution in [2.45, 2.75) is 17.3 Å². The fourth-order valence-electron chi connectivity index (χ4n) is 2.68. The predicted molar refractivity (Wildman–Crippen MR) is 128 cm³/mol. The highest BCUT2D eigenvalue weighted by atomic mass is 32.3. The molecule has 2 N–H and O–H groups in total. The Bertz CT molecular complexity index is 1120. The lowest BCUT2D eigenvalue weighted by Crippen LogP contribution is -2.09. The summed E-state index contributed by atoms with van der Waals surface area (Å²) in [7, 11) is -4.55. The van der Waals surface area contributed by atoms with E-state index in [-0.39, 0.29) is 36.5 Å². The second-order valence-corrected chi connectivity index (χ2v) is 10.1. The molecule has 182 valence electrons. The molecule has 1 unspecified atom stereocenters. The van der Waals surface area contributed by atoms with Crippen LogP contribution in [0.3, 0.4) is 0 Å². The largest absolute Gasteiger partial charge is 0.726 e. The van der Waals surface area contributed by atoms with Gasteiger partial charge >= 0.3 is 5.97 Å². The molecule has 0 heterocycles. The van der Waals surface area contributed by atoms with Gasteiger partial charge in [-0.3, -0.25) is 4.18 Å². The number of aliphatic hydroxyl groups excluding tert-OH is 1.